The van der Waals surface area contributed by atoms with E-state index in [1.807, 2.05) is 0 Å². The van der Waals surface area contributed by atoms with Crippen molar-refractivity contribution in [1.29, 1.82) is 0 Å². The molecule has 0 aromatic carbocycles. The van der Waals surface area contributed by atoms with Crippen LogP contribution in [-0.2, 0) is 8.62 Å². The summed E-state index contributed by atoms with van der Waals surface area (Å²) in [7, 11) is 0. The normalized spacial score (nSPS) is 4.20. The van der Waals surface area contributed by atoms with Crippen LogP contribution >= 0.6 is 16.3 Å². The van der Waals surface area contributed by atoms with Crippen LogP contribution in [0.3, 0.4) is 0 Å². The van der Waals surface area contributed by atoms with Crippen molar-refractivity contribution in [2.75, 3.05) is 0 Å². The Hall–Kier alpha value is 0.950. The van der Waals surface area contributed by atoms with Crippen LogP contribution in [0.1, 0.15) is 0 Å². The Balaban J connectivity index is 0. The molecule has 5 heavy (non-hydrogen) atoms. The van der Waals surface area contributed by atoms with Gasteiger partial charge >= 0.3 is 36.0 Å². The Labute approximate surface area is 60.6 Å². The molecule has 0 rings (SSSR count). The summed E-state index contributed by atoms with van der Waals surface area (Å²) in [4.78, 5) is 8.90. The Bertz CT molecular complexity index is 23.6. The van der Waals surface area contributed by atoms with E-state index in [0.717, 1.165) is 0 Å². The van der Waals surface area contributed by atoms with E-state index in [-0.39, 0.29) is 29.6 Å². The number of halogens is 1. The third-order valence-electron chi connectivity index (χ3n) is 0.0364. The Kier molecular flexibility index (Phi) is 16.6. The van der Waals surface area contributed by atoms with Crippen molar-refractivity contribution >= 4 is 52.3 Å². The summed E-state index contributed by atoms with van der Waals surface area (Å²) in [6.07, 6.45) is 0. The fourth-order valence-corrected chi connectivity index (χ4v) is 0. The van der Waals surface area contributed by atoms with Crippen molar-refractivity contribution in [3.05, 3.63) is 0 Å². The fourth-order valence-electron chi connectivity index (χ4n) is 0. The van der Waals surface area contributed by atoms with Crippen molar-refractivity contribution in [3.63, 3.8) is 0 Å². The molecule has 0 aromatic rings. The van der Waals surface area contributed by atoms with Crippen LogP contribution in [0, 0.1) is 0 Å². The third-order valence-corrected chi connectivity index (χ3v) is 0.189. The zero-order valence-corrected chi connectivity index (χ0v) is 3.36. The molecule has 0 atom stereocenters. The summed E-state index contributed by atoms with van der Waals surface area (Å²) in [5.41, 5.74) is 0. The topological polar surface area (TPSA) is 26.3 Å². The average Bonchev–Trinajstić information content (AvgIpc) is 1.37. The molecular weight excluding hydrogens is 147 g/mol. The van der Waals surface area contributed by atoms with E-state index in [4.69, 9.17) is 4.79 Å². The van der Waals surface area contributed by atoms with Crippen LogP contribution in [0.5, 0.6) is 0 Å². The molecule has 0 spiro atoms. The summed E-state index contributed by atoms with van der Waals surface area (Å²) >= 11 is 2.38. The first-order valence-electron chi connectivity index (χ1n) is 0.626. The quantitative estimate of drug-likeness (QED) is 0.381. The van der Waals surface area contributed by atoms with Crippen LogP contribution < -0.4 is 0 Å². The first-order valence-corrected chi connectivity index (χ1v) is 1.27. The molecule has 0 bridgehead atoms. The van der Waals surface area contributed by atoms with Gasteiger partial charge in [0.1, 0.15) is 0 Å². The Morgan fingerprint density at radius 1 is 1.80 bits per heavy atom. The van der Waals surface area contributed by atoms with Gasteiger partial charge in [0.2, 0.25) is 0 Å². The van der Waals surface area contributed by atoms with Gasteiger partial charge in [-0.05, 0) is 0 Å². The monoisotopic (exact) mass is 148 g/mol. The zero-order valence-electron chi connectivity index (χ0n) is 1.77. The summed E-state index contributed by atoms with van der Waals surface area (Å²) in [5, 5.41) is 0. The second-order valence-electron chi connectivity index (χ2n) is 0.185. The summed E-state index contributed by atoms with van der Waals surface area (Å²) in [6, 6.07) is 0. The van der Waals surface area contributed by atoms with E-state index in [1.165, 1.54) is 0 Å². The second-order valence-corrected chi connectivity index (χ2v) is 0.559. The van der Waals surface area contributed by atoms with Gasteiger partial charge in [-0.1, -0.05) is 0 Å². The molecule has 0 heterocycles. The summed E-state index contributed by atoms with van der Waals surface area (Å²) in [6.45, 7) is 0.292. The van der Waals surface area contributed by atoms with Gasteiger partial charge < -0.3 is 3.83 Å². The minimum atomic E-state index is 0. The molecule has 0 fully saturated rings. The molecule has 0 amide bonds. The van der Waals surface area contributed by atoms with E-state index in [9.17, 15) is 0 Å². The Morgan fingerprint density at radius 2 is 2.00 bits per heavy atom. The molecule has 0 aliphatic rings. The molecular formula is CH2BrNaO2. The van der Waals surface area contributed by atoms with Gasteiger partial charge in [-0.25, -0.2) is 0 Å². The fraction of sp³-hybridized carbons (Fsp3) is 0. The number of carbonyl (C=O) groups excluding carboxylic acids is 1. The third kappa shape index (κ3) is 11.3. The second kappa shape index (κ2) is 8.87. The number of carbonyl (C=O) groups is 1. The standard InChI is InChI=1S/CHBrO2.Na.H/c2-4-1-3;;/h1H;;. The van der Waals surface area contributed by atoms with Crippen molar-refractivity contribution < 1.29 is 8.62 Å². The van der Waals surface area contributed by atoms with E-state index in [2.05, 4.69) is 20.1 Å². The van der Waals surface area contributed by atoms with Crippen molar-refractivity contribution in [3.8, 4) is 0 Å². The van der Waals surface area contributed by atoms with Gasteiger partial charge in [0.15, 0.2) is 16.3 Å². The average molecular weight is 149 g/mol. The summed E-state index contributed by atoms with van der Waals surface area (Å²) < 4.78 is 3.67. The van der Waals surface area contributed by atoms with Crippen LogP contribution in [-0.4, -0.2) is 36.0 Å². The molecule has 0 N–H and O–H groups in total. The van der Waals surface area contributed by atoms with Crippen molar-refractivity contribution in [2.24, 2.45) is 0 Å². The molecule has 0 aromatic heterocycles. The Morgan fingerprint density at radius 3 is 2.00 bits per heavy atom. The predicted molar refractivity (Wildman–Crippen MR) is 23.2 cm³/mol. The first-order chi connectivity index (χ1) is 1.91. The van der Waals surface area contributed by atoms with Gasteiger partial charge in [-0.15, -0.1) is 0 Å². The van der Waals surface area contributed by atoms with Crippen molar-refractivity contribution in [2.45, 2.75) is 0 Å². The maximum atomic E-state index is 8.90. The van der Waals surface area contributed by atoms with Crippen LogP contribution in [0.4, 0.5) is 0 Å². The summed E-state index contributed by atoms with van der Waals surface area (Å²) in [5.74, 6) is 0. The zero-order chi connectivity index (χ0) is 3.41. The van der Waals surface area contributed by atoms with E-state index in [0.29, 0.717) is 6.47 Å². The van der Waals surface area contributed by atoms with Crippen LogP contribution in [0.15, 0.2) is 0 Å². The number of hydrogen-bond donors (Lipinski definition) is 0. The SMILES string of the molecule is O=COBr.[NaH]. The molecule has 0 radical (unpaired) electrons. The molecule has 2 nitrogen and oxygen atoms in total. The van der Waals surface area contributed by atoms with E-state index in [1.54, 1.807) is 0 Å². The van der Waals surface area contributed by atoms with Crippen LogP contribution in [0.2, 0.25) is 0 Å². The van der Waals surface area contributed by atoms with E-state index >= 15 is 0 Å². The van der Waals surface area contributed by atoms with Gasteiger partial charge in [0.05, 0.1) is 0 Å². The molecule has 0 unspecified atom stereocenters. The number of hydrogen-bond acceptors (Lipinski definition) is 2. The molecule has 0 aliphatic heterocycles. The van der Waals surface area contributed by atoms with Gasteiger partial charge in [0.25, 0.3) is 0 Å². The first kappa shape index (κ1) is 9.34. The predicted octanol–water partition coefficient (Wildman–Crippen LogP) is -0.179. The number of rotatable bonds is 1. The van der Waals surface area contributed by atoms with Gasteiger partial charge in [-0.2, -0.15) is 0 Å². The van der Waals surface area contributed by atoms with E-state index < -0.39 is 0 Å². The molecule has 0 aliphatic carbocycles. The van der Waals surface area contributed by atoms with Gasteiger partial charge in [-0.3, -0.25) is 4.79 Å². The maximum absolute atomic E-state index is 8.90. The van der Waals surface area contributed by atoms with Crippen molar-refractivity contribution in [1.82, 2.24) is 0 Å². The van der Waals surface area contributed by atoms with Crippen LogP contribution in [0.25, 0.3) is 0 Å². The minimum absolute atomic E-state index is 0. The molecule has 26 valence electrons. The molecule has 0 saturated carbocycles. The van der Waals surface area contributed by atoms with Gasteiger partial charge in [0, 0.05) is 0 Å². The molecule has 4 heteroatoms. The molecule has 0 saturated heterocycles.